The highest BCUT2D eigenvalue weighted by Crippen LogP contribution is 2.16. The van der Waals surface area contributed by atoms with Gasteiger partial charge in [-0.05, 0) is 38.3 Å². The molecule has 0 radical (unpaired) electrons. The highest BCUT2D eigenvalue weighted by atomic mass is 35.7. The van der Waals surface area contributed by atoms with Gasteiger partial charge in [-0.15, -0.1) is 0 Å². The fourth-order valence-corrected chi connectivity index (χ4v) is 2.17. The van der Waals surface area contributed by atoms with Gasteiger partial charge in [0.1, 0.15) is 0 Å². The first kappa shape index (κ1) is 12.0. The summed E-state index contributed by atoms with van der Waals surface area (Å²) in [5, 5.41) is 3.29. The van der Waals surface area contributed by atoms with Gasteiger partial charge < -0.3 is 5.32 Å². The van der Waals surface area contributed by atoms with Gasteiger partial charge in [0.05, 0.1) is 5.75 Å². The normalized spacial score (nSPS) is 20.4. The van der Waals surface area contributed by atoms with Gasteiger partial charge in [-0.1, -0.05) is 12.2 Å². The van der Waals surface area contributed by atoms with E-state index in [1.807, 2.05) is 6.08 Å². The van der Waals surface area contributed by atoms with Gasteiger partial charge in [-0.25, -0.2) is 8.42 Å². The van der Waals surface area contributed by atoms with Crippen molar-refractivity contribution in [2.75, 3.05) is 18.8 Å². The Kier molecular flexibility index (Phi) is 4.92. The van der Waals surface area contributed by atoms with Crippen molar-refractivity contribution in [3.8, 4) is 0 Å². The van der Waals surface area contributed by atoms with Crippen LogP contribution in [0.25, 0.3) is 0 Å². The summed E-state index contributed by atoms with van der Waals surface area (Å²) in [6, 6.07) is 0. The molecule has 1 rings (SSSR count). The number of nitrogens with one attached hydrogen (secondary N) is 1. The number of hydrogen-bond acceptors (Lipinski definition) is 3. The zero-order chi connectivity index (χ0) is 10.4. The first-order chi connectivity index (χ1) is 6.58. The van der Waals surface area contributed by atoms with Gasteiger partial charge in [0.25, 0.3) is 0 Å². The van der Waals surface area contributed by atoms with E-state index >= 15 is 0 Å². The molecule has 82 valence electrons. The summed E-state index contributed by atoms with van der Waals surface area (Å²) in [6.07, 6.45) is 6.89. The molecule has 14 heavy (non-hydrogen) atoms. The van der Waals surface area contributed by atoms with E-state index in [0.717, 1.165) is 19.5 Å². The average molecular weight is 238 g/mol. The molecule has 5 heteroatoms. The van der Waals surface area contributed by atoms with Crippen LogP contribution < -0.4 is 5.32 Å². The van der Waals surface area contributed by atoms with E-state index in [1.54, 1.807) is 6.08 Å². The molecule has 1 heterocycles. The molecule has 0 amide bonds. The van der Waals surface area contributed by atoms with Crippen molar-refractivity contribution in [1.82, 2.24) is 5.32 Å². The Morgan fingerprint density at radius 2 is 1.93 bits per heavy atom. The lowest BCUT2D eigenvalue weighted by Crippen LogP contribution is -2.27. The zero-order valence-electron chi connectivity index (χ0n) is 8.08. The molecular weight excluding hydrogens is 222 g/mol. The second kappa shape index (κ2) is 5.73. The average Bonchev–Trinajstić information content (AvgIpc) is 2.13. The Hall–Kier alpha value is -0.0600. The van der Waals surface area contributed by atoms with Gasteiger partial charge in [-0.3, -0.25) is 0 Å². The van der Waals surface area contributed by atoms with Crippen LogP contribution in [0.15, 0.2) is 12.2 Å². The Balaban J connectivity index is 2.19. The third-order valence-electron chi connectivity index (χ3n) is 2.39. The summed E-state index contributed by atoms with van der Waals surface area (Å²) in [6.45, 7) is 2.15. The third kappa shape index (κ3) is 5.62. The molecule has 1 fully saturated rings. The topological polar surface area (TPSA) is 46.2 Å². The smallest absolute Gasteiger partial charge is 0.236 e. The summed E-state index contributed by atoms with van der Waals surface area (Å²) in [5.74, 6) is 0.644. The quantitative estimate of drug-likeness (QED) is 0.596. The largest absolute Gasteiger partial charge is 0.317 e. The van der Waals surface area contributed by atoms with Crippen molar-refractivity contribution >= 4 is 19.7 Å². The number of hydrogen-bond donors (Lipinski definition) is 1. The minimum absolute atomic E-state index is 0.0560. The lowest BCUT2D eigenvalue weighted by molar-refractivity contribution is 0.377. The maximum absolute atomic E-state index is 10.6. The predicted octanol–water partition coefficient (Wildman–Crippen LogP) is 1.50. The van der Waals surface area contributed by atoms with E-state index in [2.05, 4.69) is 5.32 Å². The van der Waals surface area contributed by atoms with Gasteiger partial charge in [0, 0.05) is 10.7 Å². The van der Waals surface area contributed by atoms with Crippen molar-refractivity contribution in [2.24, 2.45) is 5.92 Å². The molecule has 0 atom stereocenters. The summed E-state index contributed by atoms with van der Waals surface area (Å²) < 4.78 is 21.2. The van der Waals surface area contributed by atoms with Crippen LogP contribution in [0.4, 0.5) is 0 Å². The minimum atomic E-state index is -3.35. The monoisotopic (exact) mass is 237 g/mol. The van der Waals surface area contributed by atoms with E-state index in [9.17, 15) is 8.42 Å². The molecule has 0 aliphatic carbocycles. The molecule has 0 unspecified atom stereocenters. The van der Waals surface area contributed by atoms with Gasteiger partial charge in [0.2, 0.25) is 9.05 Å². The van der Waals surface area contributed by atoms with Gasteiger partial charge in [0.15, 0.2) is 0 Å². The highest BCUT2D eigenvalue weighted by molar-refractivity contribution is 8.13. The molecule has 0 aromatic rings. The van der Waals surface area contributed by atoms with Crippen molar-refractivity contribution in [3.05, 3.63) is 12.2 Å². The Morgan fingerprint density at radius 1 is 1.29 bits per heavy atom. The van der Waals surface area contributed by atoms with E-state index < -0.39 is 9.05 Å². The van der Waals surface area contributed by atoms with Crippen LogP contribution in [-0.4, -0.2) is 27.3 Å². The number of halogens is 1. The van der Waals surface area contributed by atoms with Crippen molar-refractivity contribution < 1.29 is 8.42 Å². The first-order valence-corrected chi connectivity index (χ1v) is 7.34. The molecule has 1 N–H and O–H groups in total. The van der Waals surface area contributed by atoms with Gasteiger partial charge >= 0.3 is 0 Å². The van der Waals surface area contributed by atoms with Crippen LogP contribution in [0.1, 0.15) is 19.3 Å². The van der Waals surface area contributed by atoms with Crippen molar-refractivity contribution in [3.63, 3.8) is 0 Å². The standard InChI is InChI=1S/C9H16ClNO2S/c10-14(12,13)8-2-1-3-9-4-6-11-7-5-9/h1-2,9,11H,3-8H2/b2-1-. The van der Waals surface area contributed by atoms with Crippen LogP contribution in [0, 0.1) is 5.92 Å². The molecule has 0 aromatic heterocycles. The highest BCUT2D eigenvalue weighted by Gasteiger charge is 2.10. The molecule has 0 saturated carbocycles. The summed E-state index contributed by atoms with van der Waals surface area (Å²) in [7, 11) is 1.71. The van der Waals surface area contributed by atoms with Crippen LogP contribution >= 0.6 is 10.7 Å². The maximum atomic E-state index is 10.6. The number of rotatable bonds is 4. The van der Waals surface area contributed by atoms with E-state index in [4.69, 9.17) is 10.7 Å². The second-order valence-electron chi connectivity index (χ2n) is 3.61. The number of piperidine rings is 1. The van der Waals surface area contributed by atoms with Crippen molar-refractivity contribution in [1.29, 1.82) is 0 Å². The molecular formula is C9H16ClNO2S. The van der Waals surface area contributed by atoms with E-state index in [-0.39, 0.29) is 5.75 Å². The van der Waals surface area contributed by atoms with Crippen LogP contribution in [0.5, 0.6) is 0 Å². The zero-order valence-corrected chi connectivity index (χ0v) is 9.65. The molecule has 0 spiro atoms. The third-order valence-corrected chi connectivity index (χ3v) is 3.36. The predicted molar refractivity (Wildman–Crippen MR) is 59.0 cm³/mol. The van der Waals surface area contributed by atoms with Gasteiger partial charge in [-0.2, -0.15) is 0 Å². The molecule has 0 bridgehead atoms. The van der Waals surface area contributed by atoms with Crippen LogP contribution in [-0.2, 0) is 9.05 Å². The first-order valence-electron chi connectivity index (χ1n) is 4.86. The second-order valence-corrected chi connectivity index (χ2v) is 6.43. The molecule has 1 saturated heterocycles. The summed E-state index contributed by atoms with van der Waals surface area (Å²) >= 11 is 0. The molecule has 3 nitrogen and oxygen atoms in total. The van der Waals surface area contributed by atoms with Crippen molar-refractivity contribution in [2.45, 2.75) is 19.3 Å². The summed E-state index contributed by atoms with van der Waals surface area (Å²) in [4.78, 5) is 0. The lowest BCUT2D eigenvalue weighted by Gasteiger charge is -2.20. The van der Waals surface area contributed by atoms with E-state index in [1.165, 1.54) is 12.8 Å². The fourth-order valence-electron chi connectivity index (χ4n) is 1.59. The molecule has 0 aromatic carbocycles. The summed E-state index contributed by atoms with van der Waals surface area (Å²) in [5.41, 5.74) is 0. The maximum Gasteiger partial charge on any atom is 0.236 e. The Labute approximate surface area is 89.9 Å². The Bertz CT molecular complexity index is 281. The molecule has 1 aliphatic rings. The lowest BCUT2D eigenvalue weighted by atomic mass is 9.95. The fraction of sp³-hybridized carbons (Fsp3) is 0.778. The minimum Gasteiger partial charge on any atom is -0.317 e. The van der Waals surface area contributed by atoms with Crippen LogP contribution in [0.3, 0.4) is 0 Å². The SMILES string of the molecule is O=S(=O)(Cl)C/C=C\CC1CCNCC1. The van der Waals surface area contributed by atoms with E-state index in [0.29, 0.717) is 5.92 Å². The molecule has 1 aliphatic heterocycles. The number of allylic oxidation sites excluding steroid dienone is 1. The Morgan fingerprint density at radius 3 is 2.50 bits per heavy atom. The van der Waals surface area contributed by atoms with Crippen LogP contribution in [0.2, 0.25) is 0 Å².